The van der Waals surface area contributed by atoms with Crippen LogP contribution in [0.15, 0.2) is 58.6 Å². The first kappa shape index (κ1) is 28.6. The molecule has 1 heterocycles. The van der Waals surface area contributed by atoms with Gasteiger partial charge in [-0.15, -0.1) is 0 Å². The molecule has 2 atom stereocenters. The normalized spacial score (nSPS) is 16.2. The van der Waals surface area contributed by atoms with Crippen molar-refractivity contribution in [1.29, 1.82) is 5.41 Å². The highest BCUT2D eigenvalue weighted by atomic mass is 32.2. The Kier molecular flexibility index (Phi) is 8.73. The van der Waals surface area contributed by atoms with E-state index >= 15 is 0 Å². The Morgan fingerprint density at radius 2 is 1.87 bits per heavy atom. The molecule has 2 aromatic rings. The van der Waals surface area contributed by atoms with Crippen molar-refractivity contribution in [3.05, 3.63) is 65.2 Å². The van der Waals surface area contributed by atoms with Crippen molar-refractivity contribution in [2.45, 2.75) is 36.1 Å². The number of oxime groups is 1. The molecule has 15 heteroatoms. The number of amidine groups is 1. The number of nitrogens with one attached hydrogen (secondary N) is 3. The highest BCUT2D eigenvalue weighted by Gasteiger charge is 2.38. The molecule has 0 aliphatic carbocycles. The average molecular weight is 556 g/mol. The van der Waals surface area contributed by atoms with Crippen molar-refractivity contribution in [1.82, 2.24) is 10.0 Å². The first-order chi connectivity index (χ1) is 17.8. The van der Waals surface area contributed by atoms with Crippen LogP contribution < -0.4 is 15.8 Å². The van der Waals surface area contributed by atoms with Gasteiger partial charge < -0.3 is 20.6 Å². The molecule has 1 aliphatic heterocycles. The lowest BCUT2D eigenvalue weighted by Crippen LogP contribution is -2.49. The molecular formula is C23H24F3N5O6S. The van der Waals surface area contributed by atoms with Crippen molar-refractivity contribution < 1.29 is 40.8 Å². The summed E-state index contributed by atoms with van der Waals surface area (Å²) in [4.78, 5) is 28.8. The topological polar surface area (TPSA) is 173 Å². The Labute approximate surface area is 215 Å². The van der Waals surface area contributed by atoms with Gasteiger partial charge in [0.25, 0.3) is 0 Å². The third kappa shape index (κ3) is 7.07. The Morgan fingerprint density at radius 3 is 2.47 bits per heavy atom. The van der Waals surface area contributed by atoms with E-state index in [1.54, 1.807) is 24.3 Å². The zero-order valence-corrected chi connectivity index (χ0v) is 20.7. The van der Waals surface area contributed by atoms with Crippen LogP contribution in [-0.4, -0.2) is 57.6 Å². The number of hydrogen-bond acceptors (Lipinski definition) is 8. The van der Waals surface area contributed by atoms with Gasteiger partial charge in [-0.2, -0.15) is 17.9 Å². The number of nitrogen functional groups attached to an aromatic ring is 1. The summed E-state index contributed by atoms with van der Waals surface area (Å²) in [5.41, 5.74) is 5.81. The standard InChI is InChI=1S/C23H24F3N5O6S/c1-36-22(33)18(31-38(34,35)19-5-3-2-4-16(19)23(24,25)26)12-29-20(32)11-15-10-17(30-37-15)13-6-8-14(9-7-13)21(27)28/h2-9,15,18,31H,10-12H2,1H3,(H3,27,28)(H,29,32)/t15-,18+/m1/s1. The Morgan fingerprint density at radius 1 is 1.21 bits per heavy atom. The number of rotatable bonds is 10. The Balaban J connectivity index is 1.60. The smallest absolute Gasteiger partial charge is 0.417 e. The van der Waals surface area contributed by atoms with E-state index in [9.17, 15) is 31.2 Å². The lowest BCUT2D eigenvalue weighted by molar-refractivity contribution is -0.142. The van der Waals surface area contributed by atoms with Crippen LogP contribution in [-0.2, 0) is 35.4 Å². The highest BCUT2D eigenvalue weighted by molar-refractivity contribution is 7.89. The first-order valence-electron chi connectivity index (χ1n) is 11.0. The predicted octanol–water partition coefficient (Wildman–Crippen LogP) is 1.51. The number of nitrogens with zero attached hydrogens (tertiary/aromatic N) is 1. The lowest BCUT2D eigenvalue weighted by Gasteiger charge is -2.19. The average Bonchev–Trinajstić information content (AvgIpc) is 3.34. The Bertz CT molecular complexity index is 1350. The van der Waals surface area contributed by atoms with Crippen molar-refractivity contribution in [2.24, 2.45) is 10.9 Å². The number of nitrogens with two attached hydrogens (primary N) is 1. The SMILES string of the molecule is COC(=O)[C@H](CNC(=O)C[C@H]1CC(c2ccc(C(=N)N)cc2)=NO1)NS(=O)(=O)c1ccccc1C(F)(F)F. The van der Waals surface area contributed by atoms with Gasteiger partial charge in [-0.25, -0.2) is 8.42 Å². The maximum Gasteiger partial charge on any atom is 0.417 e. The molecule has 0 saturated carbocycles. The number of sulfonamides is 1. The fraction of sp³-hybridized carbons (Fsp3) is 0.304. The van der Waals surface area contributed by atoms with Crippen LogP contribution >= 0.6 is 0 Å². The predicted molar refractivity (Wildman–Crippen MR) is 129 cm³/mol. The Hall–Kier alpha value is -3.98. The molecule has 0 spiro atoms. The molecule has 0 fully saturated rings. The maximum absolute atomic E-state index is 13.3. The second kappa shape index (κ2) is 11.6. The minimum absolute atomic E-state index is 0.0900. The summed E-state index contributed by atoms with van der Waals surface area (Å²) in [5, 5.41) is 13.7. The number of benzene rings is 2. The second-order valence-corrected chi connectivity index (χ2v) is 9.84. The van der Waals surface area contributed by atoms with Gasteiger partial charge in [-0.3, -0.25) is 15.0 Å². The monoisotopic (exact) mass is 555 g/mol. The fourth-order valence-corrected chi connectivity index (χ4v) is 4.96. The summed E-state index contributed by atoms with van der Waals surface area (Å²) in [6.07, 6.45) is -5.54. The molecule has 5 N–H and O–H groups in total. The molecule has 0 bridgehead atoms. The number of carbonyl (C=O) groups is 2. The van der Waals surface area contributed by atoms with E-state index in [4.69, 9.17) is 16.0 Å². The molecule has 1 amide bonds. The molecule has 11 nitrogen and oxygen atoms in total. The van der Waals surface area contributed by atoms with E-state index in [2.05, 4.69) is 15.2 Å². The first-order valence-corrected chi connectivity index (χ1v) is 12.5. The molecular weight excluding hydrogens is 531 g/mol. The molecule has 0 unspecified atom stereocenters. The summed E-state index contributed by atoms with van der Waals surface area (Å²) in [5.74, 6) is -1.83. The summed E-state index contributed by atoms with van der Waals surface area (Å²) in [6.45, 7) is -0.591. The van der Waals surface area contributed by atoms with E-state index in [-0.39, 0.29) is 18.7 Å². The van der Waals surface area contributed by atoms with Gasteiger partial charge in [0, 0.05) is 18.5 Å². The van der Waals surface area contributed by atoms with E-state index in [0.717, 1.165) is 25.3 Å². The number of methoxy groups -OCH3 is 1. The van der Waals surface area contributed by atoms with Gasteiger partial charge in [0.15, 0.2) is 0 Å². The number of carbonyl (C=O) groups excluding carboxylic acids is 2. The number of esters is 1. The number of halogens is 3. The number of hydrogen-bond donors (Lipinski definition) is 4. The van der Waals surface area contributed by atoms with Crippen LogP contribution in [0.25, 0.3) is 0 Å². The van der Waals surface area contributed by atoms with Crippen LogP contribution in [0, 0.1) is 5.41 Å². The summed E-state index contributed by atoms with van der Waals surface area (Å²) >= 11 is 0. The third-order valence-electron chi connectivity index (χ3n) is 5.44. The molecule has 38 heavy (non-hydrogen) atoms. The van der Waals surface area contributed by atoms with Crippen LogP contribution in [0.4, 0.5) is 13.2 Å². The van der Waals surface area contributed by atoms with E-state index in [0.29, 0.717) is 22.9 Å². The van der Waals surface area contributed by atoms with Crippen molar-refractivity contribution in [3.8, 4) is 0 Å². The summed E-state index contributed by atoms with van der Waals surface area (Å²) in [6, 6.07) is 8.46. The van der Waals surface area contributed by atoms with Crippen molar-refractivity contribution >= 4 is 33.4 Å². The van der Waals surface area contributed by atoms with Gasteiger partial charge in [0.2, 0.25) is 15.9 Å². The number of ether oxygens (including phenoxy) is 1. The van der Waals surface area contributed by atoms with Gasteiger partial charge in [0.1, 0.15) is 18.0 Å². The van der Waals surface area contributed by atoms with E-state index in [1.807, 2.05) is 4.72 Å². The van der Waals surface area contributed by atoms with Crippen LogP contribution in [0.1, 0.15) is 29.5 Å². The minimum Gasteiger partial charge on any atom is -0.468 e. The highest BCUT2D eigenvalue weighted by Crippen LogP contribution is 2.34. The lowest BCUT2D eigenvalue weighted by atomic mass is 10.0. The molecule has 0 radical (unpaired) electrons. The molecule has 3 rings (SSSR count). The quantitative estimate of drug-likeness (QED) is 0.195. The van der Waals surface area contributed by atoms with Gasteiger partial charge in [0.05, 0.1) is 29.7 Å². The summed E-state index contributed by atoms with van der Waals surface area (Å²) < 4.78 is 71.7. The van der Waals surface area contributed by atoms with Gasteiger partial charge in [-0.1, -0.05) is 41.6 Å². The van der Waals surface area contributed by atoms with E-state index < -0.39 is 57.2 Å². The second-order valence-electron chi connectivity index (χ2n) is 8.16. The van der Waals surface area contributed by atoms with Crippen LogP contribution in [0.5, 0.6) is 0 Å². The summed E-state index contributed by atoms with van der Waals surface area (Å²) in [7, 11) is -3.87. The van der Waals surface area contributed by atoms with E-state index in [1.165, 1.54) is 0 Å². The largest absolute Gasteiger partial charge is 0.468 e. The molecule has 0 aromatic heterocycles. The van der Waals surface area contributed by atoms with Gasteiger partial charge >= 0.3 is 12.1 Å². The fourth-order valence-electron chi connectivity index (χ4n) is 3.55. The van der Waals surface area contributed by atoms with Crippen LogP contribution in [0.2, 0.25) is 0 Å². The zero-order valence-electron chi connectivity index (χ0n) is 19.9. The van der Waals surface area contributed by atoms with Crippen molar-refractivity contribution in [3.63, 3.8) is 0 Å². The zero-order chi connectivity index (χ0) is 28.1. The number of amides is 1. The third-order valence-corrected chi connectivity index (χ3v) is 6.97. The van der Waals surface area contributed by atoms with Gasteiger partial charge in [-0.05, 0) is 17.7 Å². The minimum atomic E-state index is -4.96. The van der Waals surface area contributed by atoms with Crippen molar-refractivity contribution in [2.75, 3.05) is 13.7 Å². The maximum atomic E-state index is 13.3. The molecule has 2 aromatic carbocycles. The van der Waals surface area contributed by atoms with Crippen LogP contribution in [0.3, 0.4) is 0 Å². The molecule has 204 valence electrons. The number of alkyl halides is 3. The molecule has 0 saturated heterocycles. The molecule has 1 aliphatic rings.